The first-order valence-electron chi connectivity index (χ1n) is 11.6. The van der Waals surface area contributed by atoms with E-state index in [1.807, 2.05) is 24.3 Å². The van der Waals surface area contributed by atoms with Crippen LogP contribution in [0.1, 0.15) is 10.4 Å². The number of carbonyl (C=O) groups is 1. The number of carbonyl (C=O) groups excluding carboxylic acids is 1. The number of benzene rings is 1. The topological polar surface area (TPSA) is 132 Å². The summed E-state index contributed by atoms with van der Waals surface area (Å²) >= 11 is 0. The van der Waals surface area contributed by atoms with Crippen molar-refractivity contribution in [2.75, 3.05) is 73.5 Å². The van der Waals surface area contributed by atoms with E-state index in [2.05, 4.69) is 20.1 Å². The zero-order valence-corrected chi connectivity index (χ0v) is 19.2. The number of hydrogen-bond acceptors (Lipinski definition) is 10. The Morgan fingerprint density at radius 1 is 0.971 bits per heavy atom. The van der Waals surface area contributed by atoms with E-state index < -0.39 is 0 Å². The van der Waals surface area contributed by atoms with Gasteiger partial charge in [0.2, 0.25) is 11.9 Å². The molecule has 0 saturated carbocycles. The van der Waals surface area contributed by atoms with Crippen molar-refractivity contribution in [1.82, 2.24) is 19.9 Å². The second-order valence-electron chi connectivity index (χ2n) is 9.21. The third-order valence-corrected chi connectivity index (χ3v) is 6.48. The number of nitrogens with one attached hydrogen (secondary N) is 1. The summed E-state index contributed by atoms with van der Waals surface area (Å²) in [5, 5.41) is 2.91. The predicted molar refractivity (Wildman–Crippen MR) is 130 cm³/mol. The molecule has 1 aromatic carbocycles. The lowest BCUT2D eigenvalue weighted by Crippen LogP contribution is -2.66. The highest BCUT2D eigenvalue weighted by Crippen LogP contribution is 2.39. The minimum atomic E-state index is -0.270. The summed E-state index contributed by atoms with van der Waals surface area (Å²) in [6.07, 6.45) is 1.45. The Hall–Kier alpha value is -3.83. The first kappa shape index (κ1) is 21.7. The van der Waals surface area contributed by atoms with Crippen LogP contribution in [-0.2, 0) is 9.47 Å². The number of ether oxygens (including phenoxy) is 2. The average molecular weight is 475 g/mol. The van der Waals surface area contributed by atoms with Crippen LogP contribution in [0.3, 0.4) is 0 Å². The van der Waals surface area contributed by atoms with E-state index in [4.69, 9.17) is 30.2 Å². The van der Waals surface area contributed by atoms with Crippen molar-refractivity contribution < 1.29 is 14.3 Å². The number of nitrogens with zero attached hydrogens (tertiary/aromatic N) is 6. The molecule has 0 atom stereocenters. The maximum Gasteiger partial charge on any atom is 0.257 e. The molecule has 0 bridgehead atoms. The first-order valence-corrected chi connectivity index (χ1v) is 11.6. The molecule has 3 aromatic rings. The second-order valence-corrected chi connectivity index (χ2v) is 9.21. The molecular formula is C24H26N8O3. The SMILES string of the molecule is Nc1ccc(C(=O)Nc2cccc(-c3nc(N4CCOCC4)nc(N4CC5(COC5)C4)n3)c2)cn1. The molecule has 1 spiro atoms. The molecule has 11 nitrogen and oxygen atoms in total. The smallest absolute Gasteiger partial charge is 0.257 e. The standard InChI is InChI=1S/C24H26N8O3/c25-19-5-4-17(11-26-19)21(33)27-18-3-1-2-16(10-18)20-28-22(31-6-8-34-9-7-31)30-23(29-20)32-12-24(13-32)14-35-15-24/h1-5,10-11H,6-9,12-15H2,(H2,25,26)(H,27,33). The molecule has 3 N–H and O–H groups in total. The van der Waals surface area contributed by atoms with Gasteiger partial charge in [-0.05, 0) is 24.3 Å². The maximum absolute atomic E-state index is 12.7. The normalized spacial score (nSPS) is 18.6. The fourth-order valence-electron chi connectivity index (χ4n) is 4.49. The van der Waals surface area contributed by atoms with Gasteiger partial charge in [-0.1, -0.05) is 12.1 Å². The lowest BCUT2D eigenvalue weighted by molar-refractivity contribution is -0.127. The fraction of sp³-hybridized carbons (Fsp3) is 0.375. The van der Waals surface area contributed by atoms with E-state index in [-0.39, 0.29) is 11.3 Å². The largest absolute Gasteiger partial charge is 0.384 e. The zero-order valence-electron chi connectivity index (χ0n) is 19.2. The van der Waals surface area contributed by atoms with Crippen molar-refractivity contribution in [2.45, 2.75) is 0 Å². The summed E-state index contributed by atoms with van der Waals surface area (Å²) in [5.74, 6) is 1.96. The van der Waals surface area contributed by atoms with Gasteiger partial charge in [0.05, 0.1) is 37.4 Å². The fourth-order valence-corrected chi connectivity index (χ4v) is 4.49. The Balaban J connectivity index is 1.28. The number of amides is 1. The summed E-state index contributed by atoms with van der Waals surface area (Å²) in [4.78, 5) is 35.3. The van der Waals surface area contributed by atoms with E-state index in [1.54, 1.807) is 12.1 Å². The van der Waals surface area contributed by atoms with Gasteiger partial charge in [-0.3, -0.25) is 4.79 Å². The predicted octanol–water partition coefficient (Wildman–Crippen LogP) is 1.44. The van der Waals surface area contributed by atoms with Gasteiger partial charge in [-0.2, -0.15) is 15.0 Å². The quantitative estimate of drug-likeness (QED) is 0.560. The van der Waals surface area contributed by atoms with Crippen LogP contribution in [-0.4, -0.2) is 78.4 Å². The molecule has 2 aromatic heterocycles. The molecule has 0 radical (unpaired) electrons. The Labute approximate surface area is 202 Å². The number of rotatable bonds is 5. The lowest BCUT2D eigenvalue weighted by atomic mass is 9.78. The molecule has 6 rings (SSSR count). The number of hydrogen-bond donors (Lipinski definition) is 2. The van der Waals surface area contributed by atoms with Gasteiger partial charge in [0.15, 0.2) is 5.82 Å². The summed E-state index contributed by atoms with van der Waals surface area (Å²) < 4.78 is 10.9. The number of morpholine rings is 1. The number of nitrogens with two attached hydrogens (primary N) is 1. The molecule has 0 unspecified atom stereocenters. The minimum absolute atomic E-state index is 0.243. The Bertz CT molecular complexity index is 1230. The lowest BCUT2D eigenvalue weighted by Gasteiger charge is -2.54. The Kier molecular flexibility index (Phi) is 5.42. The van der Waals surface area contributed by atoms with Crippen LogP contribution in [0.4, 0.5) is 23.4 Å². The van der Waals surface area contributed by atoms with E-state index in [9.17, 15) is 4.79 Å². The molecule has 11 heteroatoms. The third-order valence-electron chi connectivity index (χ3n) is 6.48. The molecule has 3 saturated heterocycles. The molecule has 3 fully saturated rings. The van der Waals surface area contributed by atoms with Crippen LogP contribution in [0, 0.1) is 5.41 Å². The Morgan fingerprint density at radius 2 is 1.74 bits per heavy atom. The van der Waals surface area contributed by atoms with E-state index in [0.29, 0.717) is 48.0 Å². The first-order chi connectivity index (χ1) is 17.1. The van der Waals surface area contributed by atoms with Crippen molar-refractivity contribution >= 4 is 29.3 Å². The number of pyridine rings is 1. The highest BCUT2D eigenvalue weighted by Gasteiger charge is 2.50. The Morgan fingerprint density at radius 3 is 2.43 bits per heavy atom. The molecule has 0 aliphatic carbocycles. The van der Waals surface area contributed by atoms with Gasteiger partial charge in [-0.25, -0.2) is 4.98 Å². The van der Waals surface area contributed by atoms with Crippen molar-refractivity contribution in [3.05, 3.63) is 48.2 Å². The van der Waals surface area contributed by atoms with Crippen molar-refractivity contribution in [2.24, 2.45) is 5.41 Å². The van der Waals surface area contributed by atoms with E-state index in [0.717, 1.165) is 45.0 Å². The van der Waals surface area contributed by atoms with Crippen molar-refractivity contribution in [3.63, 3.8) is 0 Å². The van der Waals surface area contributed by atoms with Gasteiger partial charge >= 0.3 is 0 Å². The molecule has 3 aliphatic rings. The second kappa shape index (κ2) is 8.75. The monoisotopic (exact) mass is 474 g/mol. The highest BCUT2D eigenvalue weighted by atomic mass is 16.5. The number of aromatic nitrogens is 4. The molecule has 3 aliphatic heterocycles. The maximum atomic E-state index is 12.7. The summed E-state index contributed by atoms with van der Waals surface area (Å²) in [5.41, 5.74) is 7.71. The highest BCUT2D eigenvalue weighted by molar-refractivity contribution is 6.04. The third kappa shape index (κ3) is 4.35. The van der Waals surface area contributed by atoms with Crippen LogP contribution in [0.25, 0.3) is 11.4 Å². The van der Waals surface area contributed by atoms with Gasteiger partial charge < -0.3 is 30.3 Å². The summed E-state index contributed by atoms with van der Waals surface area (Å²) in [7, 11) is 0. The van der Waals surface area contributed by atoms with Crippen LogP contribution in [0.15, 0.2) is 42.6 Å². The summed E-state index contributed by atoms with van der Waals surface area (Å²) in [6.45, 7) is 6.09. The number of anilines is 4. The molecule has 1 amide bonds. The molecule has 180 valence electrons. The van der Waals surface area contributed by atoms with Gasteiger partial charge in [0.1, 0.15) is 5.82 Å². The minimum Gasteiger partial charge on any atom is -0.384 e. The van der Waals surface area contributed by atoms with Crippen molar-refractivity contribution in [3.8, 4) is 11.4 Å². The number of nitrogen functional groups attached to an aromatic ring is 1. The van der Waals surface area contributed by atoms with Crippen LogP contribution in [0.5, 0.6) is 0 Å². The van der Waals surface area contributed by atoms with E-state index >= 15 is 0 Å². The van der Waals surface area contributed by atoms with Gasteiger partial charge in [0.25, 0.3) is 5.91 Å². The van der Waals surface area contributed by atoms with Crippen molar-refractivity contribution in [1.29, 1.82) is 0 Å². The summed E-state index contributed by atoms with van der Waals surface area (Å²) in [6, 6.07) is 10.7. The van der Waals surface area contributed by atoms with Gasteiger partial charge in [-0.15, -0.1) is 0 Å². The van der Waals surface area contributed by atoms with Crippen LogP contribution in [0.2, 0.25) is 0 Å². The molecule has 35 heavy (non-hydrogen) atoms. The van der Waals surface area contributed by atoms with Crippen LogP contribution < -0.4 is 20.9 Å². The van der Waals surface area contributed by atoms with Gasteiger partial charge in [0, 0.05) is 43.6 Å². The molecule has 5 heterocycles. The zero-order chi connectivity index (χ0) is 23.8. The average Bonchev–Trinajstić information content (AvgIpc) is 2.83. The van der Waals surface area contributed by atoms with E-state index in [1.165, 1.54) is 6.20 Å². The molecular weight excluding hydrogens is 448 g/mol. The van der Waals surface area contributed by atoms with Crippen LogP contribution >= 0.6 is 0 Å².